The first-order chi connectivity index (χ1) is 13.1. The van der Waals surface area contributed by atoms with Crippen molar-refractivity contribution in [1.29, 1.82) is 0 Å². The Morgan fingerprint density at radius 1 is 1.15 bits per heavy atom. The van der Waals surface area contributed by atoms with Crippen LogP contribution >= 0.6 is 23.4 Å². The average molecular weight is 402 g/mol. The van der Waals surface area contributed by atoms with E-state index < -0.39 is 0 Å². The lowest BCUT2D eigenvalue weighted by Crippen LogP contribution is -2.29. The van der Waals surface area contributed by atoms with Crippen LogP contribution in [0.2, 0.25) is 5.02 Å². The molecule has 1 fully saturated rings. The molecule has 0 radical (unpaired) electrons. The Labute approximate surface area is 168 Å². The topological polar surface area (TPSA) is 46.6 Å². The fourth-order valence-corrected chi connectivity index (χ4v) is 3.59. The Hall–Kier alpha value is -2.24. The Balaban J connectivity index is 1.68. The average Bonchev–Trinajstić information content (AvgIpc) is 2.93. The number of carbonyl (C=O) groups is 2. The molecule has 0 aromatic heterocycles. The van der Waals surface area contributed by atoms with E-state index in [2.05, 4.69) is 0 Å². The van der Waals surface area contributed by atoms with Crippen LogP contribution in [-0.4, -0.2) is 22.6 Å². The van der Waals surface area contributed by atoms with E-state index in [0.717, 1.165) is 35.7 Å². The Morgan fingerprint density at radius 3 is 2.67 bits per heavy atom. The van der Waals surface area contributed by atoms with Crippen LogP contribution in [0.3, 0.4) is 0 Å². The SMILES string of the molecule is CCCCN1C(=O)SC(=Cc2cccc(OCc3ccc(Cl)cc3)c2)C1=O. The van der Waals surface area contributed by atoms with E-state index in [1.807, 2.05) is 55.5 Å². The first-order valence-corrected chi connectivity index (χ1v) is 9.99. The summed E-state index contributed by atoms with van der Waals surface area (Å²) in [6.45, 7) is 2.93. The maximum Gasteiger partial charge on any atom is 0.293 e. The van der Waals surface area contributed by atoms with Crippen molar-refractivity contribution in [3.05, 3.63) is 69.6 Å². The minimum atomic E-state index is -0.217. The van der Waals surface area contributed by atoms with Crippen molar-refractivity contribution in [3.8, 4) is 5.75 Å². The molecule has 2 aromatic carbocycles. The van der Waals surface area contributed by atoms with Crippen molar-refractivity contribution in [2.24, 2.45) is 0 Å². The summed E-state index contributed by atoms with van der Waals surface area (Å²) in [6.07, 6.45) is 3.50. The van der Waals surface area contributed by atoms with Crippen LogP contribution < -0.4 is 4.74 Å². The number of halogens is 1. The number of hydrogen-bond acceptors (Lipinski definition) is 4. The van der Waals surface area contributed by atoms with E-state index in [1.54, 1.807) is 6.08 Å². The number of carbonyl (C=O) groups excluding carboxylic acids is 2. The van der Waals surface area contributed by atoms with Gasteiger partial charge in [-0.15, -0.1) is 0 Å². The van der Waals surface area contributed by atoms with Crippen LogP contribution in [0.15, 0.2) is 53.4 Å². The summed E-state index contributed by atoms with van der Waals surface area (Å²) in [5.74, 6) is 0.481. The van der Waals surface area contributed by atoms with E-state index in [4.69, 9.17) is 16.3 Å². The molecule has 140 valence electrons. The molecule has 2 aromatic rings. The third-order valence-corrected chi connectivity index (χ3v) is 5.24. The summed E-state index contributed by atoms with van der Waals surface area (Å²) >= 11 is 6.88. The molecule has 0 unspecified atom stereocenters. The van der Waals surface area contributed by atoms with Crippen LogP contribution in [0.25, 0.3) is 6.08 Å². The first kappa shape index (κ1) is 19.5. The number of nitrogens with zero attached hydrogens (tertiary/aromatic N) is 1. The zero-order valence-electron chi connectivity index (χ0n) is 15.0. The molecule has 0 atom stereocenters. The van der Waals surface area contributed by atoms with Gasteiger partial charge in [0.05, 0.1) is 4.91 Å². The molecule has 4 nitrogen and oxygen atoms in total. The van der Waals surface area contributed by atoms with Gasteiger partial charge in [-0.1, -0.05) is 49.2 Å². The fourth-order valence-electron chi connectivity index (χ4n) is 2.60. The number of ether oxygens (including phenoxy) is 1. The van der Waals surface area contributed by atoms with Gasteiger partial charge in [-0.05, 0) is 59.7 Å². The molecule has 6 heteroatoms. The third kappa shape index (κ3) is 5.15. The van der Waals surface area contributed by atoms with E-state index in [0.29, 0.717) is 28.8 Å². The van der Waals surface area contributed by atoms with Crippen LogP contribution in [0.5, 0.6) is 5.75 Å². The Kier molecular flexibility index (Phi) is 6.58. The second-order valence-electron chi connectivity index (χ2n) is 6.17. The van der Waals surface area contributed by atoms with Crippen molar-refractivity contribution in [3.63, 3.8) is 0 Å². The largest absolute Gasteiger partial charge is 0.489 e. The highest BCUT2D eigenvalue weighted by atomic mass is 35.5. The minimum absolute atomic E-state index is 0.199. The lowest BCUT2D eigenvalue weighted by molar-refractivity contribution is -0.122. The van der Waals surface area contributed by atoms with Gasteiger partial charge in [-0.2, -0.15) is 0 Å². The van der Waals surface area contributed by atoms with Crippen LogP contribution in [0.1, 0.15) is 30.9 Å². The number of thioether (sulfide) groups is 1. The molecular formula is C21H20ClNO3S. The van der Waals surface area contributed by atoms with Gasteiger partial charge < -0.3 is 4.74 Å². The monoisotopic (exact) mass is 401 g/mol. The second kappa shape index (κ2) is 9.11. The van der Waals surface area contributed by atoms with E-state index in [1.165, 1.54) is 4.90 Å². The number of hydrogen-bond donors (Lipinski definition) is 0. The zero-order valence-corrected chi connectivity index (χ0v) is 16.6. The van der Waals surface area contributed by atoms with E-state index in [9.17, 15) is 9.59 Å². The minimum Gasteiger partial charge on any atom is -0.489 e. The lowest BCUT2D eigenvalue weighted by Gasteiger charge is -2.10. The predicted molar refractivity (Wildman–Crippen MR) is 110 cm³/mol. The van der Waals surface area contributed by atoms with Crippen LogP contribution in [-0.2, 0) is 11.4 Å². The zero-order chi connectivity index (χ0) is 19.2. The molecule has 1 aliphatic rings. The lowest BCUT2D eigenvalue weighted by atomic mass is 10.2. The highest BCUT2D eigenvalue weighted by molar-refractivity contribution is 8.18. The number of benzene rings is 2. The standard InChI is InChI=1S/C21H20ClNO3S/c1-2-3-11-23-20(24)19(27-21(23)25)13-16-5-4-6-18(12-16)26-14-15-7-9-17(22)10-8-15/h4-10,12-13H,2-3,11,14H2,1H3. The van der Waals surface area contributed by atoms with Gasteiger partial charge in [0.15, 0.2) is 0 Å². The molecule has 1 heterocycles. The summed E-state index contributed by atoms with van der Waals surface area (Å²) in [4.78, 5) is 26.2. The maximum atomic E-state index is 12.4. The summed E-state index contributed by atoms with van der Waals surface area (Å²) < 4.78 is 5.82. The van der Waals surface area contributed by atoms with Crippen LogP contribution in [0, 0.1) is 0 Å². The summed E-state index contributed by atoms with van der Waals surface area (Å²) in [5, 5.41) is 0.489. The third-order valence-electron chi connectivity index (χ3n) is 4.08. The predicted octanol–water partition coefficient (Wildman–Crippen LogP) is 5.76. The molecule has 3 rings (SSSR count). The Morgan fingerprint density at radius 2 is 1.93 bits per heavy atom. The van der Waals surface area contributed by atoms with Crippen molar-refractivity contribution in [2.45, 2.75) is 26.4 Å². The molecule has 1 aliphatic heterocycles. The molecule has 1 saturated heterocycles. The number of unbranched alkanes of at least 4 members (excludes halogenated alkanes) is 1. The summed E-state index contributed by atoms with van der Waals surface area (Å²) in [5.41, 5.74) is 1.84. The van der Waals surface area contributed by atoms with Crippen molar-refractivity contribution >= 4 is 40.6 Å². The molecule has 2 amide bonds. The summed E-state index contributed by atoms with van der Waals surface area (Å²) in [6, 6.07) is 14.9. The molecule has 0 aliphatic carbocycles. The fraction of sp³-hybridized carbons (Fsp3) is 0.238. The van der Waals surface area contributed by atoms with E-state index in [-0.39, 0.29) is 11.1 Å². The molecule has 0 N–H and O–H groups in total. The summed E-state index contributed by atoms with van der Waals surface area (Å²) in [7, 11) is 0. The van der Waals surface area contributed by atoms with Gasteiger partial charge in [0.2, 0.25) is 0 Å². The van der Waals surface area contributed by atoms with Crippen molar-refractivity contribution in [2.75, 3.05) is 6.54 Å². The molecule has 0 saturated carbocycles. The maximum absolute atomic E-state index is 12.4. The number of imide groups is 1. The van der Waals surface area contributed by atoms with Gasteiger partial charge in [0.1, 0.15) is 12.4 Å². The van der Waals surface area contributed by atoms with Crippen molar-refractivity contribution in [1.82, 2.24) is 4.90 Å². The van der Waals surface area contributed by atoms with Gasteiger partial charge in [0, 0.05) is 11.6 Å². The normalized spacial score (nSPS) is 15.6. The quantitative estimate of drug-likeness (QED) is 0.553. The van der Waals surface area contributed by atoms with Crippen molar-refractivity contribution < 1.29 is 14.3 Å². The molecule has 0 bridgehead atoms. The van der Waals surface area contributed by atoms with Crippen LogP contribution in [0.4, 0.5) is 4.79 Å². The number of rotatable bonds is 7. The highest BCUT2D eigenvalue weighted by Gasteiger charge is 2.34. The highest BCUT2D eigenvalue weighted by Crippen LogP contribution is 2.32. The molecular weight excluding hydrogens is 382 g/mol. The van der Waals surface area contributed by atoms with Gasteiger partial charge in [0.25, 0.3) is 11.1 Å². The second-order valence-corrected chi connectivity index (χ2v) is 7.60. The Bertz CT molecular complexity index is 864. The van der Waals surface area contributed by atoms with Gasteiger partial charge >= 0.3 is 0 Å². The van der Waals surface area contributed by atoms with Gasteiger partial charge in [-0.25, -0.2) is 0 Å². The smallest absolute Gasteiger partial charge is 0.293 e. The van der Waals surface area contributed by atoms with E-state index >= 15 is 0 Å². The van der Waals surface area contributed by atoms with Gasteiger partial charge in [-0.3, -0.25) is 14.5 Å². The molecule has 0 spiro atoms. The number of amides is 2. The molecule has 27 heavy (non-hydrogen) atoms. The first-order valence-electron chi connectivity index (χ1n) is 8.79.